The van der Waals surface area contributed by atoms with Gasteiger partial charge >= 0.3 is 0 Å². The number of alkyl halides is 1. The topological polar surface area (TPSA) is 18.5 Å². The summed E-state index contributed by atoms with van der Waals surface area (Å²) in [5, 5.41) is 1.15. The SMILES string of the molecule is CCCCCCCOC(CCCCCCCCBr)OCCCCCCC. The second kappa shape index (κ2) is 23.4. The summed E-state index contributed by atoms with van der Waals surface area (Å²) >= 11 is 3.51. The van der Waals surface area contributed by atoms with Gasteiger partial charge in [-0.1, -0.05) is 107 Å². The third-order valence-corrected chi connectivity index (χ3v) is 5.49. The molecule has 0 aromatic rings. The van der Waals surface area contributed by atoms with Gasteiger partial charge in [-0.25, -0.2) is 0 Å². The van der Waals surface area contributed by atoms with Crippen LogP contribution in [0.2, 0.25) is 0 Å². The predicted molar refractivity (Wildman–Crippen MR) is 119 cm³/mol. The Kier molecular flexibility index (Phi) is 23.8. The minimum absolute atomic E-state index is 0.0369. The van der Waals surface area contributed by atoms with E-state index < -0.39 is 0 Å². The molecular weight excluding hydrogens is 388 g/mol. The molecule has 3 heteroatoms. The molecule has 0 aromatic carbocycles. The van der Waals surface area contributed by atoms with Crippen LogP contribution in [0.1, 0.15) is 123 Å². The molecule has 0 bridgehead atoms. The molecular formula is C23H47BrO2. The molecule has 0 rings (SSSR count). The Morgan fingerprint density at radius 2 is 0.962 bits per heavy atom. The van der Waals surface area contributed by atoms with Crippen molar-refractivity contribution in [3.05, 3.63) is 0 Å². The van der Waals surface area contributed by atoms with E-state index >= 15 is 0 Å². The Balaban J connectivity index is 3.77. The van der Waals surface area contributed by atoms with Crippen LogP contribution < -0.4 is 0 Å². The molecule has 0 heterocycles. The molecule has 0 amide bonds. The van der Waals surface area contributed by atoms with E-state index in [2.05, 4.69) is 29.8 Å². The zero-order valence-electron chi connectivity index (χ0n) is 17.9. The minimum atomic E-state index is 0.0369. The van der Waals surface area contributed by atoms with Crippen LogP contribution in [0.25, 0.3) is 0 Å². The number of ether oxygens (including phenoxy) is 2. The van der Waals surface area contributed by atoms with Gasteiger partial charge in [0.2, 0.25) is 0 Å². The van der Waals surface area contributed by atoms with Crippen LogP contribution >= 0.6 is 15.9 Å². The quantitative estimate of drug-likeness (QED) is 0.0965. The van der Waals surface area contributed by atoms with Gasteiger partial charge in [0, 0.05) is 18.5 Å². The maximum Gasteiger partial charge on any atom is 0.157 e. The average Bonchev–Trinajstić information content (AvgIpc) is 2.65. The summed E-state index contributed by atoms with van der Waals surface area (Å²) in [4.78, 5) is 0. The third kappa shape index (κ3) is 20.7. The summed E-state index contributed by atoms with van der Waals surface area (Å²) in [6, 6.07) is 0. The van der Waals surface area contributed by atoms with Crippen LogP contribution in [0.3, 0.4) is 0 Å². The van der Waals surface area contributed by atoms with Crippen molar-refractivity contribution < 1.29 is 9.47 Å². The molecule has 26 heavy (non-hydrogen) atoms. The molecule has 0 aliphatic heterocycles. The van der Waals surface area contributed by atoms with Crippen molar-refractivity contribution in [2.24, 2.45) is 0 Å². The first kappa shape index (κ1) is 26.4. The summed E-state index contributed by atoms with van der Waals surface area (Å²) in [6.07, 6.45) is 22.0. The zero-order valence-corrected chi connectivity index (χ0v) is 19.5. The second-order valence-corrected chi connectivity index (χ2v) is 8.39. The normalized spacial score (nSPS) is 11.5. The Bertz CT molecular complexity index is 232. The molecule has 0 saturated carbocycles. The molecule has 0 unspecified atom stereocenters. The van der Waals surface area contributed by atoms with E-state index in [1.807, 2.05) is 0 Å². The Labute approximate surface area is 173 Å². The molecule has 0 aliphatic carbocycles. The van der Waals surface area contributed by atoms with Crippen molar-refractivity contribution >= 4 is 15.9 Å². The van der Waals surface area contributed by atoms with Crippen molar-refractivity contribution in [3.63, 3.8) is 0 Å². The van der Waals surface area contributed by atoms with Crippen LogP contribution in [-0.2, 0) is 9.47 Å². The van der Waals surface area contributed by atoms with Crippen LogP contribution in [0, 0.1) is 0 Å². The fraction of sp³-hybridized carbons (Fsp3) is 1.00. The summed E-state index contributed by atoms with van der Waals surface area (Å²) < 4.78 is 12.1. The van der Waals surface area contributed by atoms with Gasteiger partial charge < -0.3 is 9.47 Å². The molecule has 0 atom stereocenters. The van der Waals surface area contributed by atoms with Gasteiger partial charge in [0.05, 0.1) is 0 Å². The first-order valence-electron chi connectivity index (χ1n) is 11.6. The summed E-state index contributed by atoms with van der Waals surface area (Å²) in [5.74, 6) is 0. The molecule has 0 spiro atoms. The summed E-state index contributed by atoms with van der Waals surface area (Å²) in [6.45, 7) is 6.27. The highest BCUT2D eigenvalue weighted by Gasteiger charge is 2.09. The van der Waals surface area contributed by atoms with Crippen molar-refractivity contribution in [3.8, 4) is 0 Å². The average molecular weight is 436 g/mol. The highest BCUT2D eigenvalue weighted by molar-refractivity contribution is 9.09. The van der Waals surface area contributed by atoms with Crippen molar-refractivity contribution in [1.82, 2.24) is 0 Å². The lowest BCUT2D eigenvalue weighted by Gasteiger charge is -2.19. The van der Waals surface area contributed by atoms with Crippen LogP contribution in [-0.4, -0.2) is 24.8 Å². The minimum Gasteiger partial charge on any atom is -0.353 e. The number of hydrogen-bond donors (Lipinski definition) is 0. The van der Waals surface area contributed by atoms with Gasteiger partial charge in [-0.05, 0) is 32.1 Å². The fourth-order valence-electron chi connectivity index (χ4n) is 3.17. The lowest BCUT2D eigenvalue weighted by molar-refractivity contribution is -0.148. The van der Waals surface area contributed by atoms with E-state index in [9.17, 15) is 0 Å². The molecule has 0 saturated heterocycles. The monoisotopic (exact) mass is 434 g/mol. The second-order valence-electron chi connectivity index (χ2n) is 7.60. The van der Waals surface area contributed by atoms with E-state index in [-0.39, 0.29) is 6.29 Å². The van der Waals surface area contributed by atoms with Crippen molar-refractivity contribution in [1.29, 1.82) is 0 Å². The Hall–Kier alpha value is 0.400. The molecule has 0 fully saturated rings. The zero-order chi connectivity index (χ0) is 19.1. The Morgan fingerprint density at radius 1 is 0.538 bits per heavy atom. The lowest BCUT2D eigenvalue weighted by Crippen LogP contribution is -2.19. The van der Waals surface area contributed by atoms with Crippen molar-refractivity contribution in [2.75, 3.05) is 18.5 Å². The number of unbranched alkanes of at least 4 members (excludes halogenated alkanes) is 13. The van der Waals surface area contributed by atoms with Crippen LogP contribution in [0.15, 0.2) is 0 Å². The molecule has 158 valence electrons. The van der Waals surface area contributed by atoms with Gasteiger partial charge in [-0.3, -0.25) is 0 Å². The largest absolute Gasteiger partial charge is 0.353 e. The molecule has 2 nitrogen and oxygen atoms in total. The predicted octanol–water partition coefficient (Wildman–Crippen LogP) is 8.41. The van der Waals surface area contributed by atoms with Crippen molar-refractivity contribution in [2.45, 2.75) is 129 Å². The smallest absolute Gasteiger partial charge is 0.157 e. The Morgan fingerprint density at radius 3 is 1.46 bits per heavy atom. The molecule has 0 aromatic heterocycles. The van der Waals surface area contributed by atoms with E-state index in [0.29, 0.717) is 0 Å². The third-order valence-electron chi connectivity index (χ3n) is 4.93. The molecule has 0 N–H and O–H groups in total. The van der Waals surface area contributed by atoms with E-state index in [1.54, 1.807) is 0 Å². The molecule has 0 radical (unpaired) electrons. The lowest BCUT2D eigenvalue weighted by atomic mass is 10.1. The first-order valence-corrected chi connectivity index (χ1v) is 12.8. The van der Waals surface area contributed by atoms with Gasteiger partial charge in [0.15, 0.2) is 6.29 Å². The summed E-state index contributed by atoms with van der Waals surface area (Å²) in [5.41, 5.74) is 0. The number of halogens is 1. The number of rotatable bonds is 22. The fourth-order valence-corrected chi connectivity index (χ4v) is 3.56. The van der Waals surface area contributed by atoms with Gasteiger partial charge in [-0.15, -0.1) is 0 Å². The van der Waals surface area contributed by atoms with Crippen LogP contribution in [0.4, 0.5) is 0 Å². The van der Waals surface area contributed by atoms with Gasteiger partial charge in [-0.2, -0.15) is 0 Å². The highest BCUT2D eigenvalue weighted by Crippen LogP contribution is 2.14. The first-order chi connectivity index (χ1) is 12.8. The van der Waals surface area contributed by atoms with E-state index in [1.165, 1.54) is 103 Å². The van der Waals surface area contributed by atoms with Gasteiger partial charge in [0.25, 0.3) is 0 Å². The standard InChI is InChI=1S/C23H47BrO2/c1-3-5-7-13-17-21-25-23(26-22-18-14-8-6-4-2)19-15-11-9-10-12-16-20-24/h23H,3-22H2,1-2H3. The van der Waals surface area contributed by atoms with Gasteiger partial charge in [0.1, 0.15) is 0 Å². The van der Waals surface area contributed by atoms with E-state index in [4.69, 9.17) is 9.47 Å². The van der Waals surface area contributed by atoms with E-state index in [0.717, 1.165) is 25.0 Å². The number of hydrogen-bond acceptors (Lipinski definition) is 2. The molecule has 0 aliphatic rings. The maximum atomic E-state index is 6.07. The maximum absolute atomic E-state index is 6.07. The highest BCUT2D eigenvalue weighted by atomic mass is 79.9. The summed E-state index contributed by atoms with van der Waals surface area (Å²) in [7, 11) is 0. The van der Waals surface area contributed by atoms with Crippen LogP contribution in [0.5, 0.6) is 0 Å².